The maximum absolute atomic E-state index is 3.75. The minimum atomic E-state index is 0.663. The quantitative estimate of drug-likeness (QED) is 0.756. The van der Waals surface area contributed by atoms with Gasteiger partial charge in [-0.1, -0.05) is 13.3 Å². The maximum atomic E-state index is 3.75. The highest BCUT2D eigenvalue weighted by molar-refractivity contribution is 4.80. The molecular formula is C15H31N3. The van der Waals surface area contributed by atoms with Crippen molar-refractivity contribution in [3.8, 4) is 0 Å². The van der Waals surface area contributed by atoms with Crippen LogP contribution in [0.1, 0.15) is 46.0 Å². The average Bonchev–Trinajstić information content (AvgIpc) is 2.85. The van der Waals surface area contributed by atoms with Crippen molar-refractivity contribution < 1.29 is 0 Å². The van der Waals surface area contributed by atoms with E-state index in [-0.39, 0.29) is 0 Å². The third-order valence-electron chi connectivity index (χ3n) is 4.62. The van der Waals surface area contributed by atoms with Crippen molar-refractivity contribution in [2.45, 2.75) is 58.0 Å². The van der Waals surface area contributed by atoms with Crippen LogP contribution < -0.4 is 10.6 Å². The van der Waals surface area contributed by atoms with Gasteiger partial charge in [-0.3, -0.25) is 0 Å². The van der Waals surface area contributed by atoms with E-state index in [1.165, 1.54) is 64.8 Å². The van der Waals surface area contributed by atoms with Gasteiger partial charge in [-0.25, -0.2) is 0 Å². The van der Waals surface area contributed by atoms with Crippen molar-refractivity contribution in [1.82, 2.24) is 15.5 Å². The van der Waals surface area contributed by atoms with Gasteiger partial charge in [0.2, 0.25) is 0 Å². The lowest BCUT2D eigenvalue weighted by molar-refractivity contribution is 0.320. The number of likely N-dealkylation sites (tertiary alicyclic amines) is 1. The maximum Gasteiger partial charge on any atom is 0.00817 e. The van der Waals surface area contributed by atoms with Gasteiger partial charge in [0.05, 0.1) is 0 Å². The molecule has 3 atom stereocenters. The molecule has 106 valence electrons. The fourth-order valence-corrected chi connectivity index (χ4v) is 3.37. The first kappa shape index (κ1) is 14.3. The molecule has 0 aromatic heterocycles. The first-order chi connectivity index (χ1) is 8.78. The lowest BCUT2D eigenvalue weighted by atomic mass is 9.98. The SMILES string of the molecule is CCN1CCC(CNC(C)CC2CCCCN2)C1. The van der Waals surface area contributed by atoms with Crippen LogP contribution in [0.25, 0.3) is 0 Å². The van der Waals surface area contributed by atoms with Gasteiger partial charge >= 0.3 is 0 Å². The fourth-order valence-electron chi connectivity index (χ4n) is 3.37. The molecule has 0 amide bonds. The standard InChI is InChI=1S/C15H31N3/c1-3-18-9-7-14(12-18)11-17-13(2)10-15-6-4-5-8-16-15/h13-17H,3-12H2,1-2H3. The average molecular weight is 253 g/mol. The highest BCUT2D eigenvalue weighted by Crippen LogP contribution is 2.16. The van der Waals surface area contributed by atoms with Crippen LogP contribution in [-0.2, 0) is 0 Å². The molecule has 0 saturated carbocycles. The molecule has 0 aromatic carbocycles. The molecule has 3 unspecified atom stereocenters. The van der Waals surface area contributed by atoms with Gasteiger partial charge < -0.3 is 15.5 Å². The Kier molecular flexibility index (Phi) is 5.93. The Labute approximate surface area is 113 Å². The van der Waals surface area contributed by atoms with Crippen molar-refractivity contribution in [2.24, 2.45) is 5.92 Å². The van der Waals surface area contributed by atoms with Crippen molar-refractivity contribution in [2.75, 3.05) is 32.7 Å². The van der Waals surface area contributed by atoms with Gasteiger partial charge in [0, 0.05) is 18.6 Å². The van der Waals surface area contributed by atoms with Gasteiger partial charge in [0.25, 0.3) is 0 Å². The van der Waals surface area contributed by atoms with Crippen molar-refractivity contribution >= 4 is 0 Å². The molecule has 0 bridgehead atoms. The van der Waals surface area contributed by atoms with E-state index in [1.807, 2.05) is 0 Å². The summed E-state index contributed by atoms with van der Waals surface area (Å²) >= 11 is 0. The van der Waals surface area contributed by atoms with E-state index in [1.54, 1.807) is 0 Å². The summed E-state index contributed by atoms with van der Waals surface area (Å²) in [5.74, 6) is 0.881. The van der Waals surface area contributed by atoms with Crippen molar-refractivity contribution in [3.05, 3.63) is 0 Å². The van der Waals surface area contributed by atoms with Gasteiger partial charge in [-0.15, -0.1) is 0 Å². The number of hydrogen-bond acceptors (Lipinski definition) is 3. The Hall–Kier alpha value is -0.120. The highest BCUT2D eigenvalue weighted by atomic mass is 15.1. The zero-order chi connectivity index (χ0) is 12.8. The zero-order valence-electron chi connectivity index (χ0n) is 12.3. The van der Waals surface area contributed by atoms with Crippen LogP contribution in [0.15, 0.2) is 0 Å². The van der Waals surface area contributed by atoms with Gasteiger partial charge in [-0.05, 0) is 64.7 Å². The molecule has 3 heteroatoms. The molecule has 3 nitrogen and oxygen atoms in total. The normalized spacial score (nSPS) is 31.7. The lowest BCUT2D eigenvalue weighted by Crippen LogP contribution is -2.41. The molecule has 0 aromatic rings. The summed E-state index contributed by atoms with van der Waals surface area (Å²) < 4.78 is 0. The molecule has 2 saturated heterocycles. The van der Waals surface area contributed by atoms with Crippen LogP contribution in [0.4, 0.5) is 0 Å². The van der Waals surface area contributed by atoms with Crippen LogP contribution in [0, 0.1) is 5.92 Å². The Balaban J connectivity index is 1.58. The molecule has 18 heavy (non-hydrogen) atoms. The predicted molar refractivity (Wildman–Crippen MR) is 77.9 cm³/mol. The largest absolute Gasteiger partial charge is 0.314 e. The molecule has 2 fully saturated rings. The van der Waals surface area contributed by atoms with E-state index in [0.717, 1.165) is 12.0 Å². The van der Waals surface area contributed by atoms with Crippen LogP contribution >= 0.6 is 0 Å². The summed E-state index contributed by atoms with van der Waals surface area (Å²) in [5, 5.41) is 7.40. The molecule has 2 aliphatic rings. The third-order valence-corrected chi connectivity index (χ3v) is 4.62. The second kappa shape index (κ2) is 7.46. The molecule has 2 N–H and O–H groups in total. The molecule has 2 aliphatic heterocycles. The number of nitrogens with zero attached hydrogens (tertiary/aromatic N) is 1. The van der Waals surface area contributed by atoms with E-state index >= 15 is 0 Å². The third kappa shape index (κ3) is 4.52. The Morgan fingerprint density at radius 2 is 2.22 bits per heavy atom. The minimum Gasteiger partial charge on any atom is -0.314 e. The van der Waals surface area contributed by atoms with Gasteiger partial charge in [0.15, 0.2) is 0 Å². The summed E-state index contributed by atoms with van der Waals surface area (Å²) in [7, 11) is 0. The molecule has 0 radical (unpaired) electrons. The molecular weight excluding hydrogens is 222 g/mol. The van der Waals surface area contributed by atoms with Crippen molar-refractivity contribution in [1.29, 1.82) is 0 Å². The van der Waals surface area contributed by atoms with E-state index in [9.17, 15) is 0 Å². The monoisotopic (exact) mass is 253 g/mol. The summed E-state index contributed by atoms with van der Waals surface area (Å²) in [6.07, 6.45) is 6.84. The van der Waals surface area contributed by atoms with Gasteiger partial charge in [0.1, 0.15) is 0 Å². The molecule has 0 spiro atoms. The van der Waals surface area contributed by atoms with E-state index in [0.29, 0.717) is 6.04 Å². The molecule has 2 heterocycles. The van der Waals surface area contributed by atoms with Crippen LogP contribution in [-0.4, -0.2) is 49.7 Å². The Bertz CT molecular complexity index is 226. The number of nitrogens with one attached hydrogen (secondary N) is 2. The van der Waals surface area contributed by atoms with Gasteiger partial charge in [-0.2, -0.15) is 0 Å². The second-order valence-corrected chi connectivity index (χ2v) is 6.24. The van der Waals surface area contributed by atoms with E-state index < -0.39 is 0 Å². The van der Waals surface area contributed by atoms with Crippen LogP contribution in [0.3, 0.4) is 0 Å². The first-order valence-electron chi connectivity index (χ1n) is 7.97. The van der Waals surface area contributed by atoms with E-state index in [4.69, 9.17) is 0 Å². The minimum absolute atomic E-state index is 0.663. The number of piperidine rings is 1. The zero-order valence-corrected chi connectivity index (χ0v) is 12.3. The second-order valence-electron chi connectivity index (χ2n) is 6.24. The topological polar surface area (TPSA) is 27.3 Å². The number of hydrogen-bond donors (Lipinski definition) is 2. The molecule has 2 rings (SSSR count). The summed E-state index contributed by atoms with van der Waals surface area (Å²) in [6.45, 7) is 10.9. The predicted octanol–water partition coefficient (Wildman–Crippen LogP) is 1.84. The summed E-state index contributed by atoms with van der Waals surface area (Å²) in [6, 6.07) is 1.42. The molecule has 0 aliphatic carbocycles. The Morgan fingerprint density at radius 3 is 2.89 bits per heavy atom. The number of rotatable bonds is 6. The van der Waals surface area contributed by atoms with Crippen molar-refractivity contribution in [3.63, 3.8) is 0 Å². The van der Waals surface area contributed by atoms with Crippen LogP contribution in [0.2, 0.25) is 0 Å². The van der Waals surface area contributed by atoms with Crippen LogP contribution in [0.5, 0.6) is 0 Å². The fraction of sp³-hybridized carbons (Fsp3) is 1.00. The smallest absolute Gasteiger partial charge is 0.00817 e. The Morgan fingerprint density at radius 1 is 1.33 bits per heavy atom. The lowest BCUT2D eigenvalue weighted by Gasteiger charge is -2.27. The summed E-state index contributed by atoms with van der Waals surface area (Å²) in [5.41, 5.74) is 0. The first-order valence-corrected chi connectivity index (χ1v) is 7.97. The highest BCUT2D eigenvalue weighted by Gasteiger charge is 2.22. The summed E-state index contributed by atoms with van der Waals surface area (Å²) in [4.78, 5) is 2.57. The van der Waals surface area contributed by atoms with E-state index in [2.05, 4.69) is 29.4 Å².